The number of rotatable bonds is 7. The number of hydrogen-bond acceptors (Lipinski definition) is 4. The second-order valence-corrected chi connectivity index (χ2v) is 8.22. The maximum absolute atomic E-state index is 12.2. The first-order chi connectivity index (χ1) is 15.0. The summed E-state index contributed by atoms with van der Waals surface area (Å²) in [6.07, 6.45) is 1.70. The molecule has 4 rings (SSSR count). The van der Waals surface area contributed by atoms with Crippen molar-refractivity contribution in [2.75, 3.05) is 13.2 Å². The maximum atomic E-state index is 12.2. The highest BCUT2D eigenvalue weighted by molar-refractivity contribution is 5.82. The van der Waals surface area contributed by atoms with Gasteiger partial charge < -0.3 is 20.5 Å². The van der Waals surface area contributed by atoms with Gasteiger partial charge in [0.2, 0.25) is 5.91 Å². The van der Waals surface area contributed by atoms with Gasteiger partial charge in [0.05, 0.1) is 0 Å². The summed E-state index contributed by atoms with van der Waals surface area (Å²) in [7, 11) is 0. The van der Waals surface area contributed by atoms with Gasteiger partial charge in [0.15, 0.2) is 0 Å². The number of aliphatic carboxylic acids is 1. The quantitative estimate of drug-likeness (QED) is 0.635. The number of amides is 2. The lowest BCUT2D eigenvalue weighted by Crippen LogP contribution is -2.41. The van der Waals surface area contributed by atoms with Crippen molar-refractivity contribution in [2.24, 2.45) is 5.92 Å². The van der Waals surface area contributed by atoms with E-state index >= 15 is 0 Å². The second kappa shape index (κ2) is 9.20. The van der Waals surface area contributed by atoms with Crippen LogP contribution in [0.3, 0.4) is 0 Å². The molecule has 2 aliphatic carbocycles. The molecule has 3 N–H and O–H groups in total. The Balaban J connectivity index is 1.24. The summed E-state index contributed by atoms with van der Waals surface area (Å²) in [6.45, 7) is 0.0255. The molecule has 2 aromatic rings. The van der Waals surface area contributed by atoms with Gasteiger partial charge >= 0.3 is 12.1 Å². The first-order valence-electron chi connectivity index (χ1n) is 10.6. The van der Waals surface area contributed by atoms with E-state index in [1.54, 1.807) is 0 Å². The number of carboxylic acid groups (broad SMARTS) is 1. The van der Waals surface area contributed by atoms with Crippen LogP contribution in [0.2, 0.25) is 0 Å². The van der Waals surface area contributed by atoms with Crippen LogP contribution in [0.1, 0.15) is 42.7 Å². The van der Waals surface area contributed by atoms with Gasteiger partial charge in [0, 0.05) is 18.4 Å². The van der Waals surface area contributed by atoms with E-state index in [-0.39, 0.29) is 43.4 Å². The molecule has 7 nitrogen and oxygen atoms in total. The molecule has 0 saturated heterocycles. The van der Waals surface area contributed by atoms with Gasteiger partial charge in [-0.25, -0.2) is 4.79 Å². The van der Waals surface area contributed by atoms with Crippen molar-refractivity contribution >= 4 is 18.0 Å². The second-order valence-electron chi connectivity index (χ2n) is 8.22. The van der Waals surface area contributed by atoms with Crippen LogP contribution in [-0.4, -0.2) is 42.3 Å². The van der Waals surface area contributed by atoms with Crippen molar-refractivity contribution in [2.45, 2.75) is 37.6 Å². The van der Waals surface area contributed by atoms with Crippen molar-refractivity contribution in [1.82, 2.24) is 10.6 Å². The first-order valence-corrected chi connectivity index (χ1v) is 10.6. The largest absolute Gasteiger partial charge is 0.481 e. The Morgan fingerprint density at radius 1 is 0.968 bits per heavy atom. The van der Waals surface area contributed by atoms with E-state index < -0.39 is 12.1 Å². The Morgan fingerprint density at radius 3 is 2.26 bits per heavy atom. The predicted molar refractivity (Wildman–Crippen MR) is 115 cm³/mol. The number of fused-ring (bicyclic) bond motifs is 3. The first kappa shape index (κ1) is 20.9. The van der Waals surface area contributed by atoms with Crippen molar-refractivity contribution in [1.29, 1.82) is 0 Å². The van der Waals surface area contributed by atoms with Crippen LogP contribution in [0, 0.1) is 5.92 Å². The van der Waals surface area contributed by atoms with Gasteiger partial charge in [-0.1, -0.05) is 48.5 Å². The molecule has 1 fully saturated rings. The van der Waals surface area contributed by atoms with E-state index in [1.165, 1.54) is 0 Å². The SMILES string of the molecule is O=C(O)C[C@@H]1CC[C@H](NC(=O)CNC(=O)OCC2c3ccccc3-c3ccccc32)C1. The molecule has 162 valence electrons. The van der Waals surface area contributed by atoms with Gasteiger partial charge in [0.1, 0.15) is 13.2 Å². The molecule has 2 aromatic carbocycles. The Hall–Kier alpha value is -3.35. The van der Waals surface area contributed by atoms with Crippen molar-refractivity contribution in [3.05, 3.63) is 59.7 Å². The highest BCUT2D eigenvalue weighted by atomic mass is 16.5. The fourth-order valence-corrected chi connectivity index (χ4v) is 4.72. The third kappa shape index (κ3) is 4.87. The van der Waals surface area contributed by atoms with Crippen molar-refractivity contribution in [3.8, 4) is 11.1 Å². The molecule has 0 radical (unpaired) electrons. The number of nitrogens with one attached hydrogen (secondary N) is 2. The molecule has 1 saturated carbocycles. The molecule has 2 atom stereocenters. The number of carbonyl (C=O) groups is 3. The molecular weight excluding hydrogens is 396 g/mol. The van der Waals surface area contributed by atoms with E-state index in [4.69, 9.17) is 9.84 Å². The third-order valence-electron chi connectivity index (χ3n) is 6.11. The van der Waals surface area contributed by atoms with Crippen LogP contribution >= 0.6 is 0 Å². The zero-order valence-corrected chi connectivity index (χ0v) is 17.2. The summed E-state index contributed by atoms with van der Waals surface area (Å²) < 4.78 is 5.43. The fourth-order valence-electron chi connectivity index (χ4n) is 4.72. The van der Waals surface area contributed by atoms with E-state index in [0.717, 1.165) is 35.1 Å². The molecule has 31 heavy (non-hydrogen) atoms. The standard InChI is InChI=1S/C24H26N2O5/c27-22(26-16-10-9-15(11-16)12-23(28)29)13-25-24(30)31-14-21-19-7-3-1-5-17(19)18-6-2-4-8-20(18)21/h1-8,15-16,21H,9-14H2,(H,25,30)(H,26,27)(H,28,29)/t15-,16+/m1/s1. The third-order valence-corrected chi connectivity index (χ3v) is 6.11. The average molecular weight is 422 g/mol. The van der Waals surface area contributed by atoms with Crippen molar-refractivity contribution < 1.29 is 24.2 Å². The van der Waals surface area contributed by atoms with E-state index in [1.807, 2.05) is 36.4 Å². The Labute approximate surface area is 180 Å². The summed E-state index contributed by atoms with van der Waals surface area (Å²) in [6, 6.07) is 16.2. The van der Waals surface area contributed by atoms with Crippen LogP contribution in [0.4, 0.5) is 4.79 Å². The summed E-state index contributed by atoms with van der Waals surface area (Å²) >= 11 is 0. The molecule has 0 unspecified atom stereocenters. The summed E-state index contributed by atoms with van der Waals surface area (Å²) in [5.41, 5.74) is 4.58. The Morgan fingerprint density at radius 2 is 1.61 bits per heavy atom. The molecular formula is C24H26N2O5. The average Bonchev–Trinajstić information content (AvgIpc) is 3.32. The van der Waals surface area contributed by atoms with Gasteiger partial charge in [-0.3, -0.25) is 9.59 Å². The van der Waals surface area contributed by atoms with Gasteiger partial charge in [-0.15, -0.1) is 0 Å². The summed E-state index contributed by atoms with van der Waals surface area (Å²) in [4.78, 5) is 35.1. The summed E-state index contributed by atoms with van der Waals surface area (Å²) in [5.74, 6) is -1.04. The van der Waals surface area contributed by atoms with Crippen LogP contribution in [-0.2, 0) is 14.3 Å². The molecule has 2 aliphatic rings. The molecule has 7 heteroatoms. The zero-order chi connectivity index (χ0) is 21.8. The predicted octanol–water partition coefficient (Wildman–Crippen LogP) is 3.28. The molecule has 0 aliphatic heterocycles. The Bertz CT molecular complexity index is 944. The van der Waals surface area contributed by atoms with E-state index in [0.29, 0.717) is 6.42 Å². The number of alkyl carbamates (subject to hydrolysis) is 1. The normalized spacial score (nSPS) is 19.4. The smallest absolute Gasteiger partial charge is 0.407 e. The number of benzene rings is 2. The highest BCUT2D eigenvalue weighted by Crippen LogP contribution is 2.44. The maximum Gasteiger partial charge on any atom is 0.407 e. The molecule has 0 spiro atoms. The number of hydrogen-bond donors (Lipinski definition) is 3. The van der Waals surface area contributed by atoms with Crippen LogP contribution in [0.15, 0.2) is 48.5 Å². The number of ether oxygens (including phenoxy) is 1. The Kier molecular flexibility index (Phi) is 6.21. The highest BCUT2D eigenvalue weighted by Gasteiger charge is 2.29. The minimum atomic E-state index is -0.811. The van der Waals surface area contributed by atoms with Crippen LogP contribution in [0.5, 0.6) is 0 Å². The van der Waals surface area contributed by atoms with E-state index in [9.17, 15) is 14.4 Å². The lowest BCUT2D eigenvalue weighted by molar-refractivity contribution is -0.138. The van der Waals surface area contributed by atoms with Gasteiger partial charge in [-0.05, 0) is 47.4 Å². The lowest BCUT2D eigenvalue weighted by Gasteiger charge is -2.15. The molecule has 0 heterocycles. The zero-order valence-electron chi connectivity index (χ0n) is 17.2. The molecule has 2 amide bonds. The number of carbonyl (C=O) groups excluding carboxylic acids is 2. The molecule has 0 bridgehead atoms. The minimum absolute atomic E-state index is 0.0309. The topological polar surface area (TPSA) is 105 Å². The van der Waals surface area contributed by atoms with Crippen LogP contribution in [0.25, 0.3) is 11.1 Å². The molecule has 0 aromatic heterocycles. The lowest BCUT2D eigenvalue weighted by atomic mass is 9.98. The van der Waals surface area contributed by atoms with E-state index in [2.05, 4.69) is 22.8 Å². The van der Waals surface area contributed by atoms with Gasteiger partial charge in [0.25, 0.3) is 0 Å². The summed E-state index contributed by atoms with van der Waals surface area (Å²) in [5, 5.41) is 14.2. The van der Waals surface area contributed by atoms with Crippen LogP contribution < -0.4 is 10.6 Å². The number of carboxylic acids is 1. The minimum Gasteiger partial charge on any atom is -0.481 e. The monoisotopic (exact) mass is 422 g/mol. The van der Waals surface area contributed by atoms with Gasteiger partial charge in [-0.2, -0.15) is 0 Å². The fraction of sp³-hybridized carbons (Fsp3) is 0.375. The van der Waals surface area contributed by atoms with Crippen molar-refractivity contribution in [3.63, 3.8) is 0 Å².